The van der Waals surface area contributed by atoms with Crippen molar-refractivity contribution in [3.63, 3.8) is 0 Å². The largest absolute Gasteiger partial charge is 0.487 e. The molecular formula is C33H39F2N3O7. The molecule has 1 saturated heterocycles. The molecule has 2 aliphatic rings. The summed E-state index contributed by atoms with van der Waals surface area (Å²) in [7, 11) is 0. The van der Waals surface area contributed by atoms with E-state index in [1.807, 2.05) is 0 Å². The SMILES string of the molecule is CC(=O)[C@@H](C)Oc1cc(Cn2c(=O)c3cc(OC(CF)CF)ccc3n(C3CCN(C=O)CC3)c2=O)ccc1OC1CCCC1. The number of Topliss-reactive ketones (excluding diaryl/α,β-unsaturated/α-hetero) is 1. The Kier molecular flexibility index (Phi) is 10.2. The Bertz CT molecular complexity index is 1640. The number of piperidine rings is 1. The van der Waals surface area contributed by atoms with Crippen molar-refractivity contribution in [2.24, 2.45) is 0 Å². The molecule has 0 unspecified atom stereocenters. The summed E-state index contributed by atoms with van der Waals surface area (Å²) in [5.41, 5.74) is -0.176. The molecule has 1 aromatic heterocycles. The number of alkyl halides is 2. The van der Waals surface area contributed by atoms with Crippen LogP contribution in [0.15, 0.2) is 46.0 Å². The highest BCUT2D eigenvalue weighted by Gasteiger charge is 2.26. The molecule has 2 heterocycles. The van der Waals surface area contributed by atoms with Crippen molar-refractivity contribution in [3.8, 4) is 17.2 Å². The maximum absolute atomic E-state index is 14.1. The van der Waals surface area contributed by atoms with Gasteiger partial charge in [-0.15, -0.1) is 0 Å². The number of hydrogen-bond acceptors (Lipinski definition) is 7. The summed E-state index contributed by atoms with van der Waals surface area (Å²) in [6.07, 6.45) is 3.76. The zero-order valence-corrected chi connectivity index (χ0v) is 25.6. The summed E-state index contributed by atoms with van der Waals surface area (Å²) < 4.78 is 46.7. The Hall–Kier alpha value is -4.22. The lowest BCUT2D eigenvalue weighted by Gasteiger charge is -2.31. The molecule has 0 N–H and O–H groups in total. The second-order valence-electron chi connectivity index (χ2n) is 11.8. The zero-order valence-electron chi connectivity index (χ0n) is 25.6. The Labute approximate surface area is 259 Å². The van der Waals surface area contributed by atoms with Crippen molar-refractivity contribution < 1.29 is 32.6 Å². The third kappa shape index (κ3) is 7.20. The van der Waals surface area contributed by atoms with Crippen molar-refractivity contribution in [1.29, 1.82) is 0 Å². The number of amides is 1. The fourth-order valence-corrected chi connectivity index (χ4v) is 5.96. The van der Waals surface area contributed by atoms with Gasteiger partial charge < -0.3 is 19.1 Å². The van der Waals surface area contributed by atoms with Crippen LogP contribution in [0.4, 0.5) is 8.78 Å². The van der Waals surface area contributed by atoms with Gasteiger partial charge in [-0.05, 0) is 88.3 Å². The standard InChI is InChI=1S/C33H39F2N3O7/c1-21(40)22(2)43-31-15-23(7-10-30(31)45-25-5-3-4-6-25)19-37-32(41)28-16-26(44-27(17-34)18-35)8-9-29(28)38(33(37)42)24-11-13-36(20-39)14-12-24/h7-10,15-16,20,22,24-25,27H,3-6,11-14,17-19H2,1-2H3/t22-/m1/s1. The molecule has 2 aromatic carbocycles. The Morgan fingerprint density at radius 1 is 0.978 bits per heavy atom. The number of hydrogen-bond donors (Lipinski definition) is 0. The normalized spacial score (nSPS) is 16.7. The van der Waals surface area contributed by atoms with Crippen molar-refractivity contribution in [1.82, 2.24) is 14.0 Å². The van der Waals surface area contributed by atoms with Gasteiger partial charge in [0.2, 0.25) is 6.41 Å². The van der Waals surface area contributed by atoms with Gasteiger partial charge in [0.1, 0.15) is 19.1 Å². The predicted molar refractivity (Wildman–Crippen MR) is 164 cm³/mol. The van der Waals surface area contributed by atoms with Crippen LogP contribution in [0.3, 0.4) is 0 Å². The summed E-state index contributed by atoms with van der Waals surface area (Å²) >= 11 is 0. The van der Waals surface area contributed by atoms with Gasteiger partial charge in [-0.2, -0.15) is 0 Å². The summed E-state index contributed by atoms with van der Waals surface area (Å²) in [6.45, 7) is 1.79. The first-order valence-corrected chi connectivity index (χ1v) is 15.5. The number of carbonyl (C=O) groups excluding carboxylic acids is 2. The lowest BCUT2D eigenvalue weighted by Crippen LogP contribution is -2.44. The van der Waals surface area contributed by atoms with E-state index in [0.29, 0.717) is 48.5 Å². The number of nitrogens with zero attached hydrogens (tertiary/aromatic N) is 3. The molecule has 1 aliphatic heterocycles. The summed E-state index contributed by atoms with van der Waals surface area (Å²) in [5, 5.41) is 0.157. The van der Waals surface area contributed by atoms with Crippen LogP contribution in [0.2, 0.25) is 0 Å². The third-order valence-electron chi connectivity index (χ3n) is 8.62. The highest BCUT2D eigenvalue weighted by atomic mass is 19.1. The number of aromatic nitrogens is 2. The van der Waals surface area contributed by atoms with Crippen LogP contribution in [0.25, 0.3) is 10.9 Å². The molecule has 1 saturated carbocycles. The van der Waals surface area contributed by atoms with E-state index in [1.165, 1.54) is 19.1 Å². The molecule has 1 aliphatic carbocycles. The first kappa shape index (κ1) is 32.2. The van der Waals surface area contributed by atoms with Crippen LogP contribution in [0, 0.1) is 0 Å². The number of fused-ring (bicyclic) bond motifs is 1. The minimum absolute atomic E-state index is 0.0394. The second kappa shape index (κ2) is 14.3. The summed E-state index contributed by atoms with van der Waals surface area (Å²) in [4.78, 5) is 53.0. The van der Waals surface area contributed by atoms with Gasteiger partial charge in [0.15, 0.2) is 29.5 Å². The van der Waals surface area contributed by atoms with E-state index >= 15 is 0 Å². The maximum atomic E-state index is 14.1. The molecule has 0 radical (unpaired) electrons. The first-order chi connectivity index (χ1) is 21.7. The number of ketones is 1. The molecule has 0 spiro atoms. The van der Waals surface area contributed by atoms with E-state index in [-0.39, 0.29) is 35.6 Å². The van der Waals surface area contributed by atoms with Gasteiger partial charge in [0.25, 0.3) is 5.56 Å². The van der Waals surface area contributed by atoms with Crippen LogP contribution in [0.1, 0.15) is 64.0 Å². The number of likely N-dealkylation sites (tertiary alicyclic amines) is 1. The monoisotopic (exact) mass is 627 g/mol. The van der Waals surface area contributed by atoms with Crippen LogP contribution in [-0.4, -0.2) is 71.0 Å². The van der Waals surface area contributed by atoms with Crippen molar-refractivity contribution in [2.45, 2.75) is 83.3 Å². The lowest BCUT2D eigenvalue weighted by molar-refractivity contribution is -0.123. The van der Waals surface area contributed by atoms with E-state index < -0.39 is 36.8 Å². The molecule has 5 rings (SSSR count). The van der Waals surface area contributed by atoms with Gasteiger partial charge in [0, 0.05) is 19.1 Å². The van der Waals surface area contributed by atoms with Crippen molar-refractivity contribution in [3.05, 3.63) is 62.8 Å². The number of carbonyl (C=O) groups is 2. The summed E-state index contributed by atoms with van der Waals surface area (Å²) in [5.74, 6) is 0.773. The average Bonchev–Trinajstić information content (AvgIpc) is 3.56. The van der Waals surface area contributed by atoms with Gasteiger partial charge in [-0.3, -0.25) is 23.5 Å². The predicted octanol–water partition coefficient (Wildman–Crippen LogP) is 4.37. The average molecular weight is 628 g/mol. The Balaban J connectivity index is 1.58. The van der Waals surface area contributed by atoms with E-state index in [0.717, 1.165) is 36.7 Å². The molecule has 242 valence electrons. The fraction of sp³-hybridized carbons (Fsp3) is 0.515. The number of halogens is 2. The minimum atomic E-state index is -1.32. The highest BCUT2D eigenvalue weighted by molar-refractivity contribution is 5.80. The molecular weight excluding hydrogens is 588 g/mol. The fourth-order valence-electron chi connectivity index (χ4n) is 5.96. The second-order valence-corrected chi connectivity index (χ2v) is 11.8. The first-order valence-electron chi connectivity index (χ1n) is 15.5. The van der Waals surface area contributed by atoms with Gasteiger partial charge in [-0.1, -0.05) is 6.07 Å². The molecule has 12 heteroatoms. The number of benzene rings is 2. The molecule has 1 atom stereocenters. The zero-order chi connectivity index (χ0) is 32.1. The number of rotatable bonds is 13. The van der Waals surface area contributed by atoms with Crippen LogP contribution in [0.5, 0.6) is 17.2 Å². The van der Waals surface area contributed by atoms with E-state index in [2.05, 4.69) is 0 Å². The maximum Gasteiger partial charge on any atom is 0.332 e. The van der Waals surface area contributed by atoms with Crippen molar-refractivity contribution in [2.75, 3.05) is 26.4 Å². The number of ether oxygens (including phenoxy) is 3. The van der Waals surface area contributed by atoms with E-state index in [4.69, 9.17) is 14.2 Å². The molecule has 10 nitrogen and oxygen atoms in total. The third-order valence-corrected chi connectivity index (χ3v) is 8.62. The van der Waals surface area contributed by atoms with E-state index in [1.54, 1.807) is 40.7 Å². The van der Waals surface area contributed by atoms with E-state index in [9.17, 15) is 28.0 Å². The lowest BCUT2D eigenvalue weighted by atomic mass is 10.0. The Morgan fingerprint density at radius 3 is 2.33 bits per heavy atom. The van der Waals surface area contributed by atoms with Crippen LogP contribution >= 0.6 is 0 Å². The Morgan fingerprint density at radius 2 is 1.69 bits per heavy atom. The molecule has 3 aromatic rings. The quantitative estimate of drug-likeness (QED) is 0.259. The molecule has 45 heavy (non-hydrogen) atoms. The van der Waals surface area contributed by atoms with Gasteiger partial charge in [-0.25, -0.2) is 13.6 Å². The topological polar surface area (TPSA) is 109 Å². The van der Waals surface area contributed by atoms with Gasteiger partial charge in [0.05, 0.1) is 23.6 Å². The van der Waals surface area contributed by atoms with Gasteiger partial charge >= 0.3 is 5.69 Å². The van der Waals surface area contributed by atoms with Crippen LogP contribution in [-0.2, 0) is 16.1 Å². The van der Waals surface area contributed by atoms with Crippen LogP contribution < -0.4 is 25.5 Å². The minimum Gasteiger partial charge on any atom is -0.487 e. The molecule has 0 bridgehead atoms. The molecule has 1 amide bonds. The molecule has 2 fully saturated rings. The van der Waals surface area contributed by atoms with Crippen molar-refractivity contribution >= 4 is 23.1 Å². The summed E-state index contributed by atoms with van der Waals surface area (Å²) in [6, 6.07) is 9.33. The highest BCUT2D eigenvalue weighted by Crippen LogP contribution is 2.34. The smallest absolute Gasteiger partial charge is 0.332 e.